The standard InChI is InChI=1S/C19H20ClNO3S/c20-13-10-8-12(9-11-13)4-3-7-16(22)21-18-17(19(23)24)14-5-1-2-6-15(14)25-18/h8-11H,1-7H2,(H,21,22)(H,23,24). The van der Waals surface area contributed by atoms with Gasteiger partial charge >= 0.3 is 5.97 Å². The highest BCUT2D eigenvalue weighted by Gasteiger charge is 2.25. The molecular weight excluding hydrogens is 358 g/mol. The number of hydrogen-bond acceptors (Lipinski definition) is 3. The van der Waals surface area contributed by atoms with Crippen LogP contribution in [-0.4, -0.2) is 17.0 Å². The van der Waals surface area contributed by atoms with Gasteiger partial charge in [-0.25, -0.2) is 4.79 Å². The van der Waals surface area contributed by atoms with Gasteiger partial charge in [0.05, 0.1) is 5.56 Å². The van der Waals surface area contributed by atoms with Gasteiger partial charge in [-0.2, -0.15) is 0 Å². The molecule has 0 unspecified atom stereocenters. The quantitative estimate of drug-likeness (QED) is 0.749. The Morgan fingerprint density at radius 2 is 1.88 bits per heavy atom. The number of rotatable bonds is 6. The van der Waals surface area contributed by atoms with Crippen LogP contribution in [-0.2, 0) is 24.1 Å². The molecule has 1 aromatic carbocycles. The third kappa shape index (κ3) is 4.41. The molecule has 2 aromatic rings. The van der Waals surface area contributed by atoms with Gasteiger partial charge < -0.3 is 10.4 Å². The maximum absolute atomic E-state index is 12.2. The number of fused-ring (bicyclic) bond motifs is 1. The first kappa shape index (κ1) is 18.0. The van der Waals surface area contributed by atoms with Crippen LogP contribution in [0.3, 0.4) is 0 Å². The molecule has 1 aliphatic rings. The van der Waals surface area contributed by atoms with Crippen LogP contribution in [0.2, 0.25) is 5.02 Å². The van der Waals surface area contributed by atoms with Crippen molar-refractivity contribution >= 4 is 39.8 Å². The van der Waals surface area contributed by atoms with Crippen LogP contribution in [0, 0.1) is 0 Å². The van der Waals surface area contributed by atoms with Crippen molar-refractivity contribution in [3.05, 3.63) is 50.9 Å². The molecule has 4 nitrogen and oxygen atoms in total. The van der Waals surface area contributed by atoms with E-state index in [1.54, 1.807) is 0 Å². The van der Waals surface area contributed by atoms with Gasteiger partial charge in [0.25, 0.3) is 0 Å². The average Bonchev–Trinajstić information content (AvgIpc) is 2.94. The molecule has 0 saturated heterocycles. The fourth-order valence-electron chi connectivity index (χ4n) is 3.17. The number of carbonyl (C=O) groups is 2. The molecule has 6 heteroatoms. The number of hydrogen-bond donors (Lipinski definition) is 2. The Hall–Kier alpha value is -1.85. The van der Waals surface area contributed by atoms with Gasteiger partial charge in [0.15, 0.2) is 0 Å². The molecule has 0 saturated carbocycles. The molecule has 2 N–H and O–H groups in total. The minimum Gasteiger partial charge on any atom is -0.478 e. The van der Waals surface area contributed by atoms with E-state index in [0.29, 0.717) is 28.4 Å². The molecular formula is C19H20ClNO3S. The Bertz CT molecular complexity index is 783. The molecule has 1 aliphatic carbocycles. The number of nitrogens with one attached hydrogen (secondary N) is 1. The Morgan fingerprint density at radius 3 is 2.60 bits per heavy atom. The van der Waals surface area contributed by atoms with Crippen LogP contribution in [0.5, 0.6) is 0 Å². The number of amides is 1. The Kier molecular flexibility index (Phi) is 5.76. The molecule has 1 amide bonds. The Morgan fingerprint density at radius 1 is 1.16 bits per heavy atom. The van der Waals surface area contributed by atoms with Crippen LogP contribution in [0.15, 0.2) is 24.3 Å². The topological polar surface area (TPSA) is 66.4 Å². The normalized spacial score (nSPS) is 13.3. The average molecular weight is 378 g/mol. The van der Waals surface area contributed by atoms with Crippen LogP contribution in [0.4, 0.5) is 5.00 Å². The molecule has 0 bridgehead atoms. The van der Waals surface area contributed by atoms with Crippen molar-refractivity contribution in [3.8, 4) is 0 Å². The van der Waals surface area contributed by atoms with E-state index in [0.717, 1.165) is 48.1 Å². The monoisotopic (exact) mass is 377 g/mol. The largest absolute Gasteiger partial charge is 0.478 e. The minimum absolute atomic E-state index is 0.130. The number of thiophene rings is 1. The van der Waals surface area contributed by atoms with Crippen molar-refractivity contribution in [2.75, 3.05) is 5.32 Å². The maximum atomic E-state index is 12.2. The van der Waals surface area contributed by atoms with Gasteiger partial charge in [0.2, 0.25) is 5.91 Å². The number of aromatic carboxylic acids is 1. The highest BCUT2D eigenvalue weighted by atomic mass is 35.5. The zero-order valence-electron chi connectivity index (χ0n) is 13.8. The van der Waals surface area contributed by atoms with E-state index in [4.69, 9.17) is 11.6 Å². The summed E-state index contributed by atoms with van der Waals surface area (Å²) in [5, 5.41) is 13.5. The van der Waals surface area contributed by atoms with E-state index in [1.807, 2.05) is 24.3 Å². The first-order valence-electron chi connectivity index (χ1n) is 8.46. The number of carbonyl (C=O) groups excluding carboxylic acids is 1. The van der Waals surface area contributed by atoms with Crippen molar-refractivity contribution in [3.63, 3.8) is 0 Å². The van der Waals surface area contributed by atoms with Crippen LogP contribution >= 0.6 is 22.9 Å². The molecule has 1 aromatic heterocycles. The summed E-state index contributed by atoms with van der Waals surface area (Å²) < 4.78 is 0. The van der Waals surface area contributed by atoms with Gasteiger partial charge in [-0.15, -0.1) is 11.3 Å². The van der Waals surface area contributed by atoms with Gasteiger partial charge in [-0.1, -0.05) is 23.7 Å². The first-order valence-corrected chi connectivity index (χ1v) is 9.66. The number of carboxylic acids is 1. The van der Waals surface area contributed by atoms with Crippen molar-refractivity contribution in [1.29, 1.82) is 0 Å². The molecule has 0 spiro atoms. The number of carboxylic acid groups (broad SMARTS) is 1. The minimum atomic E-state index is -0.948. The van der Waals surface area contributed by atoms with Crippen molar-refractivity contribution in [2.45, 2.75) is 44.9 Å². The zero-order chi connectivity index (χ0) is 17.8. The Balaban J connectivity index is 1.60. The second-order valence-corrected chi connectivity index (χ2v) is 7.79. The maximum Gasteiger partial charge on any atom is 0.339 e. The van der Waals surface area contributed by atoms with Gasteiger partial charge in [0.1, 0.15) is 5.00 Å². The highest BCUT2D eigenvalue weighted by molar-refractivity contribution is 7.17. The van der Waals surface area contributed by atoms with Crippen LogP contribution in [0.25, 0.3) is 0 Å². The molecule has 3 rings (SSSR count). The Labute approximate surface area is 155 Å². The van der Waals surface area contributed by atoms with Crippen molar-refractivity contribution < 1.29 is 14.7 Å². The first-order chi connectivity index (χ1) is 12.0. The van der Waals surface area contributed by atoms with Gasteiger partial charge in [0, 0.05) is 16.3 Å². The summed E-state index contributed by atoms with van der Waals surface area (Å²) in [6.45, 7) is 0. The lowest BCUT2D eigenvalue weighted by Gasteiger charge is -2.10. The smallest absolute Gasteiger partial charge is 0.339 e. The zero-order valence-corrected chi connectivity index (χ0v) is 15.4. The van der Waals surface area contributed by atoms with Gasteiger partial charge in [-0.05, 0) is 61.8 Å². The number of benzene rings is 1. The third-order valence-electron chi connectivity index (χ3n) is 4.42. The number of anilines is 1. The molecule has 0 atom stereocenters. The predicted octanol–water partition coefficient (Wildman–Crippen LogP) is 4.94. The lowest BCUT2D eigenvalue weighted by atomic mass is 9.95. The van der Waals surface area contributed by atoms with Crippen LogP contribution < -0.4 is 5.32 Å². The summed E-state index contributed by atoms with van der Waals surface area (Å²) >= 11 is 7.28. The molecule has 1 heterocycles. The van der Waals surface area contributed by atoms with Gasteiger partial charge in [-0.3, -0.25) is 4.79 Å². The van der Waals surface area contributed by atoms with Crippen molar-refractivity contribution in [2.24, 2.45) is 0 Å². The van der Waals surface area contributed by atoms with E-state index in [9.17, 15) is 14.7 Å². The third-order valence-corrected chi connectivity index (χ3v) is 5.88. The molecule has 25 heavy (non-hydrogen) atoms. The summed E-state index contributed by atoms with van der Waals surface area (Å²) in [5.74, 6) is -1.08. The number of halogens is 1. The molecule has 0 aliphatic heterocycles. The summed E-state index contributed by atoms with van der Waals surface area (Å²) in [4.78, 5) is 24.9. The molecule has 0 radical (unpaired) electrons. The van der Waals surface area contributed by atoms with E-state index in [-0.39, 0.29) is 5.91 Å². The summed E-state index contributed by atoms with van der Waals surface area (Å²) in [6, 6.07) is 7.59. The summed E-state index contributed by atoms with van der Waals surface area (Å²) in [5.41, 5.74) is 2.35. The fraction of sp³-hybridized carbons (Fsp3) is 0.368. The second-order valence-electron chi connectivity index (χ2n) is 6.25. The summed E-state index contributed by atoms with van der Waals surface area (Å²) in [6.07, 6.45) is 5.66. The lowest BCUT2D eigenvalue weighted by Crippen LogP contribution is -2.14. The molecule has 0 fully saturated rings. The predicted molar refractivity (Wildman–Crippen MR) is 101 cm³/mol. The van der Waals surface area contributed by atoms with E-state index in [1.165, 1.54) is 11.3 Å². The fourth-order valence-corrected chi connectivity index (χ4v) is 4.60. The second kappa shape index (κ2) is 8.02. The molecule has 132 valence electrons. The number of aryl methyl sites for hydroxylation is 2. The van der Waals surface area contributed by atoms with Crippen molar-refractivity contribution in [1.82, 2.24) is 0 Å². The lowest BCUT2D eigenvalue weighted by molar-refractivity contribution is -0.116. The van der Waals surface area contributed by atoms with E-state index < -0.39 is 5.97 Å². The SMILES string of the molecule is O=C(CCCc1ccc(Cl)cc1)Nc1sc2c(c1C(=O)O)CCCC2. The highest BCUT2D eigenvalue weighted by Crippen LogP contribution is 2.38. The van der Waals surface area contributed by atoms with Crippen LogP contribution in [0.1, 0.15) is 52.0 Å². The van der Waals surface area contributed by atoms with E-state index >= 15 is 0 Å². The van der Waals surface area contributed by atoms with E-state index in [2.05, 4.69) is 5.32 Å². The summed E-state index contributed by atoms with van der Waals surface area (Å²) in [7, 11) is 0.